The number of methoxy groups -OCH3 is 1. The van der Waals surface area contributed by atoms with Crippen molar-refractivity contribution >= 4 is 55.6 Å². The molecular weight excluding hydrogens is 765 g/mol. The van der Waals surface area contributed by atoms with E-state index >= 15 is 4.39 Å². The van der Waals surface area contributed by atoms with Gasteiger partial charge in [-0.1, -0.05) is 6.07 Å². The normalized spacial score (nSPS) is 16.2. The number of carbonyl (C=O) groups excluding carboxylic acids is 3. The number of nitrogens with one attached hydrogen (secondary N) is 1. The van der Waals surface area contributed by atoms with E-state index in [-0.39, 0.29) is 51.7 Å². The number of nitrogens with zero attached hydrogens (tertiary/aromatic N) is 4. The van der Waals surface area contributed by atoms with Gasteiger partial charge in [0.05, 0.1) is 41.5 Å². The third-order valence-electron chi connectivity index (χ3n) is 10.3. The lowest BCUT2D eigenvalue weighted by molar-refractivity contribution is -0.152. The minimum absolute atomic E-state index is 0.135. The van der Waals surface area contributed by atoms with Crippen LogP contribution in [0.3, 0.4) is 0 Å². The van der Waals surface area contributed by atoms with Crippen LogP contribution in [0.4, 0.5) is 19.3 Å². The van der Waals surface area contributed by atoms with Gasteiger partial charge in [-0.25, -0.2) is 31.8 Å². The number of likely N-dealkylation sites (tertiary alicyclic amines) is 1. The third-order valence-corrected chi connectivity index (χ3v) is 11.5. The largest absolute Gasteiger partial charge is 0.464 e. The van der Waals surface area contributed by atoms with E-state index in [4.69, 9.17) is 23.6 Å². The number of aromatic nitrogens is 2. The van der Waals surface area contributed by atoms with Gasteiger partial charge in [0.1, 0.15) is 47.1 Å². The van der Waals surface area contributed by atoms with Crippen LogP contribution in [0.5, 0.6) is 5.75 Å². The van der Waals surface area contributed by atoms with Gasteiger partial charge in [-0.15, -0.1) is 0 Å². The van der Waals surface area contributed by atoms with Crippen molar-refractivity contribution in [2.75, 3.05) is 44.9 Å². The average Bonchev–Trinajstić information content (AvgIpc) is 3.95. The van der Waals surface area contributed by atoms with E-state index in [2.05, 4.69) is 5.32 Å². The summed E-state index contributed by atoms with van der Waals surface area (Å²) < 4.78 is 81.1. The van der Waals surface area contributed by atoms with Crippen LogP contribution in [0.1, 0.15) is 29.4 Å². The first-order chi connectivity index (χ1) is 27.3. The van der Waals surface area contributed by atoms with Gasteiger partial charge in [0.15, 0.2) is 0 Å². The molecule has 14 nitrogen and oxygen atoms in total. The molecule has 1 saturated heterocycles. The fraction of sp³-hybridized carbons (Fsp3) is 0.250. The molecule has 17 heteroatoms. The monoisotopic (exact) mass is 799 g/mol. The number of halogens is 2. The highest BCUT2D eigenvalue weighted by atomic mass is 32.2. The molecule has 2 aliphatic heterocycles. The number of sulfonamides is 1. The summed E-state index contributed by atoms with van der Waals surface area (Å²) in [7, 11) is 0.202. The standard InChI is InChI=1S/C40H35F2N5O9S/c1-43-38(48)35-25-17-24(30(45(2)57(4,51)52)19-33(25)56-37(35)21-10-12-22(41)13-11-21)27-14-15-32-36(44-27)31-18-23-26(42)7-5-8-28(23)47(31)34(55-32)20-54-39(49)29-9-6-16-46(29)40(50)53-3/h5,7-8,10-15,17-19,29,34H,6,9,16,20H2,1-4H3,(H,43,48)/t29-,34?/m0/s1. The molecule has 0 radical (unpaired) electrons. The lowest BCUT2D eigenvalue weighted by atomic mass is 10.0. The van der Waals surface area contributed by atoms with Crippen molar-refractivity contribution in [3.05, 3.63) is 90.0 Å². The summed E-state index contributed by atoms with van der Waals surface area (Å²) in [6.07, 6.45) is 0.433. The van der Waals surface area contributed by atoms with Gasteiger partial charge < -0.3 is 23.9 Å². The third kappa shape index (κ3) is 6.46. The second kappa shape index (κ2) is 14.2. The molecule has 0 bridgehead atoms. The number of hydrogen-bond acceptors (Lipinski definition) is 10. The number of amides is 2. The van der Waals surface area contributed by atoms with Crippen LogP contribution in [0, 0.1) is 11.6 Å². The van der Waals surface area contributed by atoms with Crippen LogP contribution in [-0.2, 0) is 24.3 Å². The molecular formula is C40H35F2N5O9S. The summed E-state index contributed by atoms with van der Waals surface area (Å²) in [6.45, 7) is 0.0507. The Morgan fingerprint density at radius 3 is 2.53 bits per heavy atom. The Morgan fingerprint density at radius 1 is 1.04 bits per heavy atom. The number of hydrogen-bond donors (Lipinski definition) is 1. The molecule has 2 atom stereocenters. The number of anilines is 1. The van der Waals surface area contributed by atoms with E-state index in [0.29, 0.717) is 47.1 Å². The van der Waals surface area contributed by atoms with Gasteiger partial charge >= 0.3 is 12.1 Å². The Balaban J connectivity index is 1.25. The van der Waals surface area contributed by atoms with Crippen molar-refractivity contribution in [2.45, 2.75) is 25.1 Å². The second-order valence-corrected chi connectivity index (χ2v) is 15.6. The molecule has 2 aliphatic rings. The first-order valence-electron chi connectivity index (χ1n) is 17.8. The zero-order valence-corrected chi connectivity index (χ0v) is 31.9. The maximum absolute atomic E-state index is 15.3. The summed E-state index contributed by atoms with van der Waals surface area (Å²) in [5.41, 5.74) is 2.59. The maximum Gasteiger partial charge on any atom is 0.410 e. The van der Waals surface area contributed by atoms with Gasteiger partial charge in [0.2, 0.25) is 16.3 Å². The minimum atomic E-state index is -3.86. The van der Waals surface area contributed by atoms with Crippen LogP contribution in [0.15, 0.2) is 77.2 Å². The SMILES string of the molecule is CNC(=O)c1c(-c2ccc(F)cc2)oc2cc(N(C)S(C)(=O)=O)c(-c3ccc4c(n3)-c3cc5c(F)cccc5n3C(COC(=O)[C@@H]3CCCN3C(=O)OC)O4)cc12. The highest BCUT2D eigenvalue weighted by molar-refractivity contribution is 7.92. The van der Waals surface area contributed by atoms with E-state index in [1.807, 2.05) is 0 Å². The molecule has 0 aliphatic carbocycles. The summed E-state index contributed by atoms with van der Waals surface area (Å²) in [5.74, 6) is -1.72. The molecule has 1 fully saturated rings. The van der Waals surface area contributed by atoms with E-state index < -0.39 is 51.9 Å². The number of esters is 1. The van der Waals surface area contributed by atoms with Crippen LogP contribution in [-0.4, -0.2) is 87.5 Å². The molecule has 57 heavy (non-hydrogen) atoms. The molecule has 1 N–H and O–H groups in total. The Bertz CT molecular complexity index is 2730. The Kier molecular flexibility index (Phi) is 9.34. The molecule has 3 aromatic heterocycles. The van der Waals surface area contributed by atoms with Crippen molar-refractivity contribution in [2.24, 2.45) is 0 Å². The first kappa shape index (κ1) is 37.4. The molecule has 294 valence electrons. The number of benzene rings is 3. The highest BCUT2D eigenvalue weighted by Crippen LogP contribution is 2.45. The average molecular weight is 800 g/mol. The topological polar surface area (TPSA) is 163 Å². The number of carbonyl (C=O) groups is 3. The predicted molar refractivity (Wildman–Crippen MR) is 205 cm³/mol. The minimum Gasteiger partial charge on any atom is -0.464 e. The molecule has 8 rings (SSSR count). The number of fused-ring (bicyclic) bond motifs is 6. The van der Waals surface area contributed by atoms with Crippen molar-refractivity contribution in [1.82, 2.24) is 19.8 Å². The van der Waals surface area contributed by atoms with Crippen molar-refractivity contribution < 1.29 is 50.2 Å². The van der Waals surface area contributed by atoms with Gasteiger partial charge in [-0.05, 0) is 73.5 Å². The number of pyridine rings is 1. The van der Waals surface area contributed by atoms with Crippen LogP contribution in [0.2, 0.25) is 0 Å². The zero-order valence-electron chi connectivity index (χ0n) is 31.0. The smallest absolute Gasteiger partial charge is 0.410 e. The van der Waals surface area contributed by atoms with E-state index in [0.717, 1.165) is 10.6 Å². The maximum atomic E-state index is 15.3. The first-order valence-corrected chi connectivity index (χ1v) is 19.7. The second-order valence-electron chi connectivity index (χ2n) is 13.6. The molecule has 1 unspecified atom stereocenters. The lowest BCUT2D eigenvalue weighted by Gasteiger charge is -2.30. The predicted octanol–water partition coefficient (Wildman–Crippen LogP) is 6.48. The Labute approximate surface area is 324 Å². The van der Waals surface area contributed by atoms with E-state index in [1.54, 1.807) is 34.9 Å². The molecule has 6 aromatic rings. The molecule has 3 aromatic carbocycles. The molecule has 5 heterocycles. The fourth-order valence-electron chi connectivity index (χ4n) is 7.42. The van der Waals surface area contributed by atoms with E-state index in [1.165, 1.54) is 68.6 Å². The van der Waals surface area contributed by atoms with Crippen molar-refractivity contribution in [1.29, 1.82) is 0 Å². The van der Waals surface area contributed by atoms with Gasteiger partial charge in [0, 0.05) is 48.6 Å². The Hall–Kier alpha value is -6.49. The van der Waals surface area contributed by atoms with Gasteiger partial charge in [-0.3, -0.25) is 18.6 Å². The number of rotatable bonds is 8. The quantitative estimate of drug-likeness (QED) is 0.169. The molecule has 2 amide bonds. The van der Waals surface area contributed by atoms with Crippen LogP contribution < -0.4 is 14.4 Å². The van der Waals surface area contributed by atoms with Gasteiger partial charge in [0.25, 0.3) is 5.91 Å². The lowest BCUT2D eigenvalue weighted by Crippen LogP contribution is -2.42. The fourth-order valence-corrected chi connectivity index (χ4v) is 7.93. The number of ether oxygens (including phenoxy) is 3. The summed E-state index contributed by atoms with van der Waals surface area (Å²) >= 11 is 0. The van der Waals surface area contributed by atoms with Crippen LogP contribution in [0.25, 0.3) is 55.8 Å². The highest BCUT2D eigenvalue weighted by Gasteiger charge is 2.38. The van der Waals surface area contributed by atoms with Crippen molar-refractivity contribution in [3.63, 3.8) is 0 Å². The molecule has 0 saturated carbocycles. The van der Waals surface area contributed by atoms with E-state index in [9.17, 15) is 27.2 Å². The number of furan rings is 1. The zero-order chi connectivity index (χ0) is 40.3. The summed E-state index contributed by atoms with van der Waals surface area (Å²) in [4.78, 5) is 45.2. The van der Waals surface area contributed by atoms with Crippen molar-refractivity contribution in [3.8, 4) is 39.7 Å². The van der Waals surface area contributed by atoms with Gasteiger partial charge in [-0.2, -0.15) is 0 Å². The summed E-state index contributed by atoms with van der Waals surface area (Å²) in [6, 6.07) is 17.0. The molecule has 0 spiro atoms. The Morgan fingerprint density at radius 2 is 1.81 bits per heavy atom. The summed E-state index contributed by atoms with van der Waals surface area (Å²) in [5, 5.41) is 3.20. The van der Waals surface area contributed by atoms with Crippen LogP contribution >= 0.6 is 0 Å².